The van der Waals surface area contributed by atoms with Gasteiger partial charge in [-0.15, -0.1) is 11.8 Å². The standard InChI is InChI=1S/C29H32Cl2N4O8S/c1-40-6-7-41-8-9-42-14-24(36)32-22-12-35-25(29(38)39)16(15-44-28(22)35)13-43-23-5-3-18(31)11-20(23)26-33-21-4-2-17(30)10-19(21)27(37)34-26/h2-5,10-11,16,22,25,28H,6-9,12-15H2,1H3,(H,32,36)(H,38,39)(H,33,34,37). The van der Waals surface area contributed by atoms with Gasteiger partial charge in [0.05, 0.1) is 60.9 Å². The fraction of sp³-hybridized carbons (Fsp3) is 0.448. The second kappa shape index (κ2) is 14.9. The Kier molecular flexibility index (Phi) is 11.0. The molecule has 15 heteroatoms. The van der Waals surface area contributed by atoms with Crippen LogP contribution in [0, 0.1) is 5.92 Å². The molecule has 4 unspecified atom stereocenters. The molecule has 44 heavy (non-hydrogen) atoms. The molecule has 0 radical (unpaired) electrons. The number of carbonyl (C=O) groups excluding carboxylic acids is 1. The van der Waals surface area contributed by atoms with Crippen molar-refractivity contribution in [3.63, 3.8) is 0 Å². The predicted octanol–water partition coefficient (Wildman–Crippen LogP) is 2.90. The Morgan fingerprint density at radius 1 is 1.11 bits per heavy atom. The Morgan fingerprint density at radius 3 is 2.66 bits per heavy atom. The Morgan fingerprint density at radius 2 is 1.86 bits per heavy atom. The van der Waals surface area contributed by atoms with E-state index in [0.717, 1.165) is 0 Å². The maximum Gasteiger partial charge on any atom is 0.321 e. The quantitative estimate of drug-likeness (QED) is 0.218. The molecule has 2 aliphatic heterocycles. The molecule has 3 heterocycles. The molecule has 3 N–H and O–H groups in total. The fourth-order valence-electron chi connectivity index (χ4n) is 5.21. The number of carboxylic acid groups (broad SMARTS) is 1. The fourth-order valence-corrected chi connectivity index (χ4v) is 7.07. The zero-order valence-corrected chi connectivity index (χ0v) is 26.1. The average Bonchev–Trinajstić information content (AvgIpc) is 2.98. The molecule has 0 bridgehead atoms. The summed E-state index contributed by atoms with van der Waals surface area (Å²) >= 11 is 13.9. The van der Waals surface area contributed by atoms with Crippen LogP contribution in [0.5, 0.6) is 5.75 Å². The second-order valence-electron chi connectivity index (χ2n) is 10.3. The number of hydrogen-bond acceptors (Lipinski definition) is 10. The smallest absolute Gasteiger partial charge is 0.321 e. The highest BCUT2D eigenvalue weighted by Crippen LogP contribution is 2.40. The van der Waals surface area contributed by atoms with Crippen LogP contribution in [0.25, 0.3) is 22.3 Å². The van der Waals surface area contributed by atoms with Gasteiger partial charge in [-0.05, 0) is 36.4 Å². The number of carbonyl (C=O) groups is 2. The number of nitrogens with one attached hydrogen (secondary N) is 2. The van der Waals surface area contributed by atoms with Crippen LogP contribution in [0.4, 0.5) is 0 Å². The van der Waals surface area contributed by atoms with E-state index in [1.165, 1.54) is 0 Å². The van der Waals surface area contributed by atoms with Crippen molar-refractivity contribution in [1.29, 1.82) is 0 Å². The summed E-state index contributed by atoms with van der Waals surface area (Å²) in [4.78, 5) is 46.7. The Labute approximate surface area is 267 Å². The van der Waals surface area contributed by atoms with Gasteiger partial charge in [-0.2, -0.15) is 0 Å². The molecular formula is C29H32Cl2N4O8S. The van der Waals surface area contributed by atoms with Crippen molar-refractivity contribution in [3.05, 3.63) is 56.8 Å². The summed E-state index contributed by atoms with van der Waals surface area (Å²) < 4.78 is 21.7. The number of benzene rings is 2. The Hall–Kier alpha value is -2.91. The number of aliphatic carboxylic acids is 1. The monoisotopic (exact) mass is 666 g/mol. The number of halogens is 2. The van der Waals surface area contributed by atoms with E-state index < -0.39 is 12.0 Å². The van der Waals surface area contributed by atoms with Crippen LogP contribution in [0.3, 0.4) is 0 Å². The van der Waals surface area contributed by atoms with E-state index in [1.54, 1.807) is 55.3 Å². The average molecular weight is 668 g/mol. The summed E-state index contributed by atoms with van der Waals surface area (Å²) in [5.41, 5.74) is 0.560. The number of aromatic nitrogens is 2. The van der Waals surface area contributed by atoms with Gasteiger partial charge in [0.2, 0.25) is 5.91 Å². The van der Waals surface area contributed by atoms with Crippen molar-refractivity contribution >= 4 is 57.7 Å². The molecule has 236 valence electrons. The molecule has 4 atom stereocenters. The third-order valence-corrected chi connectivity index (χ3v) is 9.35. The first-order valence-electron chi connectivity index (χ1n) is 13.9. The minimum atomic E-state index is -0.957. The van der Waals surface area contributed by atoms with Gasteiger partial charge in [0.25, 0.3) is 5.56 Å². The molecule has 0 spiro atoms. The summed E-state index contributed by atoms with van der Waals surface area (Å²) in [5, 5.41) is 14.1. The van der Waals surface area contributed by atoms with Crippen LogP contribution in [0.15, 0.2) is 41.2 Å². The highest BCUT2D eigenvalue weighted by atomic mass is 35.5. The third kappa shape index (κ3) is 7.65. The molecule has 2 aromatic carbocycles. The molecule has 2 fully saturated rings. The highest BCUT2D eigenvalue weighted by Gasteiger charge is 2.52. The van der Waals surface area contributed by atoms with Crippen LogP contribution in [-0.2, 0) is 23.8 Å². The molecule has 2 saturated heterocycles. The van der Waals surface area contributed by atoms with E-state index in [2.05, 4.69) is 15.3 Å². The lowest BCUT2D eigenvalue weighted by atomic mass is 9.94. The normalized spacial score (nSPS) is 21.4. The lowest BCUT2D eigenvalue weighted by Gasteiger charge is -2.55. The van der Waals surface area contributed by atoms with Crippen LogP contribution < -0.4 is 15.6 Å². The molecule has 2 aliphatic rings. The predicted molar refractivity (Wildman–Crippen MR) is 167 cm³/mol. The maximum absolute atomic E-state index is 12.8. The van der Waals surface area contributed by atoms with Gasteiger partial charge in [-0.3, -0.25) is 19.3 Å². The number of H-pyrrole nitrogens is 1. The number of aromatic amines is 1. The van der Waals surface area contributed by atoms with Crippen LogP contribution in [0.2, 0.25) is 10.0 Å². The summed E-state index contributed by atoms with van der Waals surface area (Å²) in [5.74, 6) is -0.390. The Balaban J connectivity index is 1.19. The van der Waals surface area contributed by atoms with Crippen LogP contribution >= 0.6 is 35.0 Å². The SMILES string of the molecule is COCCOCCOCC(=O)NC1CN2C1SCC(COc1ccc(Cl)cc1-c1nc3ccc(Cl)cc3c(=O)[nH]1)C2C(=O)O. The van der Waals surface area contributed by atoms with Crippen molar-refractivity contribution < 1.29 is 33.6 Å². The molecule has 5 rings (SSSR count). The highest BCUT2D eigenvalue weighted by molar-refractivity contribution is 8.00. The number of hydrogen-bond donors (Lipinski definition) is 3. The van der Waals surface area contributed by atoms with Crippen molar-refractivity contribution in [2.75, 3.05) is 59.0 Å². The van der Waals surface area contributed by atoms with E-state index in [0.29, 0.717) is 64.4 Å². The summed E-state index contributed by atoms with van der Waals surface area (Å²) in [7, 11) is 1.59. The molecule has 0 saturated carbocycles. The van der Waals surface area contributed by atoms with Crippen molar-refractivity contribution in [2.24, 2.45) is 5.92 Å². The van der Waals surface area contributed by atoms with Gasteiger partial charge in [-0.25, -0.2) is 4.98 Å². The van der Waals surface area contributed by atoms with Crippen LogP contribution in [0.1, 0.15) is 0 Å². The number of amides is 1. The first-order chi connectivity index (χ1) is 21.2. The first-order valence-corrected chi connectivity index (χ1v) is 15.7. The zero-order valence-electron chi connectivity index (χ0n) is 23.8. The van der Waals surface area contributed by atoms with Crippen molar-refractivity contribution in [3.8, 4) is 17.1 Å². The Bertz CT molecular complexity index is 1560. The largest absolute Gasteiger partial charge is 0.492 e. The summed E-state index contributed by atoms with van der Waals surface area (Å²) in [6.45, 7) is 1.99. The van der Waals surface area contributed by atoms with Crippen LogP contribution in [-0.4, -0.2) is 108 Å². The van der Waals surface area contributed by atoms with Gasteiger partial charge in [0.15, 0.2) is 0 Å². The topological polar surface area (TPSA) is 152 Å². The number of carboxylic acids is 1. The lowest BCUT2D eigenvalue weighted by Crippen LogP contribution is -2.73. The molecule has 12 nitrogen and oxygen atoms in total. The van der Waals surface area contributed by atoms with E-state index in [1.807, 2.05) is 4.90 Å². The van der Waals surface area contributed by atoms with E-state index >= 15 is 0 Å². The lowest BCUT2D eigenvalue weighted by molar-refractivity contribution is -0.150. The number of methoxy groups -OCH3 is 1. The molecule has 1 amide bonds. The van der Waals surface area contributed by atoms with E-state index in [9.17, 15) is 19.5 Å². The summed E-state index contributed by atoms with van der Waals surface area (Å²) in [6.07, 6.45) is 0. The molecule has 0 aliphatic carbocycles. The maximum atomic E-state index is 12.8. The third-order valence-electron chi connectivity index (χ3n) is 7.32. The minimum absolute atomic E-state index is 0.102. The minimum Gasteiger partial charge on any atom is -0.492 e. The van der Waals surface area contributed by atoms with Crippen molar-refractivity contribution in [2.45, 2.75) is 17.5 Å². The van der Waals surface area contributed by atoms with E-state index in [4.69, 9.17) is 42.1 Å². The van der Waals surface area contributed by atoms with Gasteiger partial charge in [-0.1, -0.05) is 23.2 Å². The van der Waals surface area contributed by atoms with Gasteiger partial charge in [0.1, 0.15) is 24.2 Å². The number of fused-ring (bicyclic) bond motifs is 2. The van der Waals surface area contributed by atoms with Crippen molar-refractivity contribution in [1.82, 2.24) is 20.2 Å². The number of nitrogens with zero attached hydrogens (tertiary/aromatic N) is 2. The van der Waals surface area contributed by atoms with Gasteiger partial charge < -0.3 is 34.4 Å². The van der Waals surface area contributed by atoms with E-state index in [-0.39, 0.29) is 54.4 Å². The van der Waals surface area contributed by atoms with Gasteiger partial charge >= 0.3 is 5.97 Å². The van der Waals surface area contributed by atoms with Gasteiger partial charge in [0, 0.05) is 35.4 Å². The number of ether oxygens (including phenoxy) is 4. The number of rotatable bonds is 14. The molecular weight excluding hydrogens is 635 g/mol. The molecule has 1 aromatic heterocycles. The zero-order chi connectivity index (χ0) is 31.2. The second-order valence-corrected chi connectivity index (χ2v) is 12.3. The summed E-state index contributed by atoms with van der Waals surface area (Å²) in [6, 6.07) is 8.83. The first kappa shape index (κ1) is 32.5. The molecule has 3 aromatic rings. The number of thioether (sulfide) groups is 1.